The summed E-state index contributed by atoms with van der Waals surface area (Å²) >= 11 is 0. The van der Waals surface area contributed by atoms with Crippen LogP contribution in [0.3, 0.4) is 0 Å². The fraction of sp³-hybridized carbons (Fsp3) is 0.206. The lowest BCUT2D eigenvalue weighted by molar-refractivity contribution is -0.148. The molecule has 40 heavy (non-hydrogen) atoms. The molecule has 1 aliphatic heterocycles. The van der Waals surface area contributed by atoms with Crippen molar-refractivity contribution in [3.05, 3.63) is 144 Å². The van der Waals surface area contributed by atoms with Crippen LogP contribution in [0.1, 0.15) is 46.9 Å². The maximum absolute atomic E-state index is 14.0. The van der Waals surface area contributed by atoms with E-state index in [2.05, 4.69) is 5.32 Å². The van der Waals surface area contributed by atoms with Crippen LogP contribution in [0.25, 0.3) is 0 Å². The highest BCUT2D eigenvalue weighted by atomic mass is 16.4. The highest BCUT2D eigenvalue weighted by molar-refractivity contribution is 5.91. The molecule has 0 bridgehead atoms. The van der Waals surface area contributed by atoms with Gasteiger partial charge in [0.15, 0.2) is 0 Å². The zero-order valence-electron chi connectivity index (χ0n) is 22.1. The molecule has 1 saturated heterocycles. The van der Waals surface area contributed by atoms with Gasteiger partial charge in [0.2, 0.25) is 11.8 Å². The van der Waals surface area contributed by atoms with E-state index in [-0.39, 0.29) is 37.1 Å². The topological polar surface area (TPSA) is 86.7 Å². The molecule has 1 aliphatic rings. The van der Waals surface area contributed by atoms with E-state index in [1.807, 2.05) is 121 Å². The van der Waals surface area contributed by atoms with E-state index in [0.717, 1.165) is 22.3 Å². The minimum absolute atomic E-state index is 0.138. The second-order valence-corrected chi connectivity index (χ2v) is 10.2. The summed E-state index contributed by atoms with van der Waals surface area (Å²) in [7, 11) is 0. The van der Waals surface area contributed by atoms with Crippen LogP contribution in [-0.4, -0.2) is 46.4 Å². The molecule has 6 heteroatoms. The maximum Gasteiger partial charge on any atom is 0.326 e. The zero-order chi connectivity index (χ0) is 27.9. The van der Waals surface area contributed by atoms with Gasteiger partial charge >= 0.3 is 5.97 Å². The molecule has 1 heterocycles. The number of nitrogens with one attached hydrogen (secondary N) is 1. The van der Waals surface area contributed by atoms with Gasteiger partial charge in [-0.15, -0.1) is 0 Å². The van der Waals surface area contributed by atoms with Crippen molar-refractivity contribution in [2.24, 2.45) is 0 Å². The van der Waals surface area contributed by atoms with Crippen LogP contribution in [0.4, 0.5) is 0 Å². The van der Waals surface area contributed by atoms with Gasteiger partial charge in [0, 0.05) is 31.3 Å². The molecule has 0 aliphatic carbocycles. The number of amides is 2. The normalized spacial score (nSPS) is 16.7. The van der Waals surface area contributed by atoms with Gasteiger partial charge in [0.1, 0.15) is 6.04 Å². The lowest BCUT2D eigenvalue weighted by Gasteiger charge is -2.27. The number of likely N-dealkylation sites (tertiary alicyclic amines) is 1. The number of carboxylic acids is 1. The van der Waals surface area contributed by atoms with Crippen molar-refractivity contribution >= 4 is 17.8 Å². The Kier molecular flexibility index (Phi) is 8.35. The van der Waals surface area contributed by atoms with Gasteiger partial charge in [-0.25, -0.2) is 4.79 Å². The average molecular weight is 533 g/mol. The van der Waals surface area contributed by atoms with Crippen LogP contribution in [0.15, 0.2) is 121 Å². The fourth-order valence-corrected chi connectivity index (χ4v) is 5.62. The van der Waals surface area contributed by atoms with Gasteiger partial charge in [-0.3, -0.25) is 9.59 Å². The molecule has 2 amide bonds. The summed E-state index contributed by atoms with van der Waals surface area (Å²) in [5, 5.41) is 13.1. The molecule has 202 valence electrons. The highest BCUT2D eigenvalue weighted by Crippen LogP contribution is 2.32. The third-order valence-corrected chi connectivity index (χ3v) is 7.54. The van der Waals surface area contributed by atoms with E-state index in [9.17, 15) is 19.5 Å². The SMILES string of the molecule is O=C(CC(c1ccccc1)c1ccccc1)N[C@H]1C[C@@H](C(=O)O)N(C(=O)C(c2ccccc2)c2ccccc2)C1. The van der Waals surface area contributed by atoms with Crippen LogP contribution in [0.2, 0.25) is 0 Å². The Bertz CT molecular complexity index is 1350. The van der Waals surface area contributed by atoms with Gasteiger partial charge in [-0.1, -0.05) is 121 Å². The van der Waals surface area contributed by atoms with Gasteiger partial charge in [0.25, 0.3) is 0 Å². The molecule has 1 fully saturated rings. The van der Waals surface area contributed by atoms with Crippen LogP contribution in [-0.2, 0) is 14.4 Å². The van der Waals surface area contributed by atoms with Crippen LogP contribution >= 0.6 is 0 Å². The Labute approximate surface area is 234 Å². The first-order valence-corrected chi connectivity index (χ1v) is 13.5. The molecule has 0 unspecified atom stereocenters. The molecule has 0 saturated carbocycles. The van der Waals surface area contributed by atoms with E-state index in [1.54, 1.807) is 0 Å². The summed E-state index contributed by atoms with van der Waals surface area (Å²) in [5.41, 5.74) is 3.65. The van der Waals surface area contributed by atoms with Crippen molar-refractivity contribution < 1.29 is 19.5 Å². The van der Waals surface area contributed by atoms with E-state index in [0.29, 0.717) is 0 Å². The van der Waals surface area contributed by atoms with Crippen LogP contribution < -0.4 is 5.32 Å². The van der Waals surface area contributed by atoms with Gasteiger partial charge in [0.05, 0.1) is 5.92 Å². The second kappa shape index (κ2) is 12.4. The first-order valence-electron chi connectivity index (χ1n) is 13.5. The van der Waals surface area contributed by atoms with E-state index < -0.39 is 24.0 Å². The predicted octanol–water partition coefficient (Wildman–Crippen LogP) is 5.21. The Morgan fingerprint density at radius 1 is 0.700 bits per heavy atom. The van der Waals surface area contributed by atoms with Crippen molar-refractivity contribution in [3.8, 4) is 0 Å². The molecule has 5 rings (SSSR count). The summed E-state index contributed by atoms with van der Waals surface area (Å²) in [4.78, 5) is 41.0. The third-order valence-electron chi connectivity index (χ3n) is 7.54. The molecule has 6 nitrogen and oxygen atoms in total. The van der Waals surface area contributed by atoms with Gasteiger partial charge in [-0.05, 0) is 22.3 Å². The molecule has 0 aromatic heterocycles. The summed E-state index contributed by atoms with van der Waals surface area (Å²) in [6.07, 6.45) is 0.372. The highest BCUT2D eigenvalue weighted by Gasteiger charge is 2.43. The van der Waals surface area contributed by atoms with Crippen molar-refractivity contribution in [3.63, 3.8) is 0 Å². The Balaban J connectivity index is 1.35. The fourth-order valence-electron chi connectivity index (χ4n) is 5.62. The number of carboxylic acid groups (broad SMARTS) is 1. The quantitative estimate of drug-likeness (QED) is 0.310. The van der Waals surface area contributed by atoms with Crippen LogP contribution in [0.5, 0.6) is 0 Å². The zero-order valence-corrected chi connectivity index (χ0v) is 22.1. The summed E-state index contributed by atoms with van der Waals surface area (Å²) in [6, 6.07) is 37.0. The average Bonchev–Trinajstić information content (AvgIpc) is 3.42. The molecule has 0 spiro atoms. The van der Waals surface area contributed by atoms with Gasteiger partial charge in [-0.2, -0.15) is 0 Å². The van der Waals surface area contributed by atoms with Crippen molar-refractivity contribution in [2.45, 2.75) is 36.8 Å². The monoisotopic (exact) mass is 532 g/mol. The second-order valence-electron chi connectivity index (χ2n) is 10.2. The van der Waals surface area contributed by atoms with Crippen molar-refractivity contribution in [1.82, 2.24) is 10.2 Å². The summed E-state index contributed by atoms with van der Waals surface area (Å²) in [5.74, 6) is -2.31. The minimum atomic E-state index is -1.07. The first kappa shape index (κ1) is 26.9. The number of benzene rings is 4. The van der Waals surface area contributed by atoms with Crippen molar-refractivity contribution in [2.75, 3.05) is 6.54 Å². The molecule has 4 aromatic rings. The lowest BCUT2D eigenvalue weighted by atomic mass is 9.88. The number of aliphatic carboxylic acids is 1. The molecular weight excluding hydrogens is 500 g/mol. The summed E-state index contributed by atoms with van der Waals surface area (Å²) in [6.45, 7) is 0.138. The third kappa shape index (κ3) is 6.12. The first-order chi connectivity index (χ1) is 19.5. The summed E-state index contributed by atoms with van der Waals surface area (Å²) < 4.78 is 0. The molecule has 4 aromatic carbocycles. The van der Waals surface area contributed by atoms with E-state index in [4.69, 9.17) is 0 Å². The standard InChI is InChI=1S/C34H32N2O4/c37-31(22-29(24-13-5-1-6-14-24)25-15-7-2-8-16-25)35-28-21-30(34(39)40)36(23-28)33(38)32(26-17-9-3-10-18-26)27-19-11-4-12-20-27/h1-20,28-30,32H,21-23H2,(H,35,37)(H,39,40)/t28-,30-/m0/s1. The minimum Gasteiger partial charge on any atom is -0.480 e. The largest absolute Gasteiger partial charge is 0.480 e. The van der Waals surface area contributed by atoms with E-state index >= 15 is 0 Å². The number of nitrogens with zero attached hydrogens (tertiary/aromatic N) is 1. The van der Waals surface area contributed by atoms with E-state index in [1.165, 1.54) is 4.90 Å². The number of hydrogen-bond acceptors (Lipinski definition) is 3. The number of carbonyl (C=O) groups is 3. The Hall–Kier alpha value is -4.71. The predicted molar refractivity (Wildman–Crippen MR) is 154 cm³/mol. The van der Waals surface area contributed by atoms with Gasteiger partial charge < -0.3 is 15.3 Å². The maximum atomic E-state index is 14.0. The molecule has 2 N–H and O–H groups in total. The smallest absolute Gasteiger partial charge is 0.326 e. The lowest BCUT2D eigenvalue weighted by Crippen LogP contribution is -2.44. The number of rotatable bonds is 9. The number of hydrogen-bond donors (Lipinski definition) is 2. The Morgan fingerprint density at radius 3 is 1.55 bits per heavy atom. The molecule has 2 atom stereocenters. The van der Waals surface area contributed by atoms with Crippen LogP contribution in [0, 0.1) is 0 Å². The molecule has 0 radical (unpaired) electrons. The number of carbonyl (C=O) groups excluding carboxylic acids is 2. The molecular formula is C34H32N2O4. The van der Waals surface area contributed by atoms with Crippen molar-refractivity contribution in [1.29, 1.82) is 0 Å². The Morgan fingerprint density at radius 2 is 1.12 bits per heavy atom.